The SMILES string of the molecule is Cc1cn(C(C)C)c(NC(C)CCN(C)C)n1. The van der Waals surface area contributed by atoms with Crippen molar-refractivity contribution < 1.29 is 0 Å². The summed E-state index contributed by atoms with van der Waals surface area (Å²) in [6.45, 7) is 9.69. The third-order valence-electron chi connectivity index (χ3n) is 2.79. The summed E-state index contributed by atoms with van der Waals surface area (Å²) < 4.78 is 2.20. The van der Waals surface area contributed by atoms with Gasteiger partial charge >= 0.3 is 0 Å². The quantitative estimate of drug-likeness (QED) is 0.826. The first-order valence-electron chi connectivity index (χ1n) is 6.37. The van der Waals surface area contributed by atoms with E-state index in [-0.39, 0.29) is 0 Å². The molecule has 0 aliphatic heterocycles. The monoisotopic (exact) mass is 238 g/mol. The minimum Gasteiger partial charge on any atom is -0.353 e. The maximum Gasteiger partial charge on any atom is 0.203 e. The van der Waals surface area contributed by atoms with Crippen molar-refractivity contribution in [1.82, 2.24) is 14.5 Å². The van der Waals surface area contributed by atoms with Gasteiger partial charge in [-0.3, -0.25) is 0 Å². The molecule has 0 spiro atoms. The van der Waals surface area contributed by atoms with Crippen molar-refractivity contribution in [3.05, 3.63) is 11.9 Å². The number of anilines is 1. The van der Waals surface area contributed by atoms with Crippen molar-refractivity contribution in [2.24, 2.45) is 0 Å². The van der Waals surface area contributed by atoms with Crippen LogP contribution >= 0.6 is 0 Å². The second kappa shape index (κ2) is 6.05. The van der Waals surface area contributed by atoms with Crippen LogP contribution in [-0.4, -0.2) is 41.1 Å². The lowest BCUT2D eigenvalue weighted by atomic mass is 10.2. The van der Waals surface area contributed by atoms with E-state index in [0.717, 1.165) is 24.6 Å². The summed E-state index contributed by atoms with van der Waals surface area (Å²) in [5.74, 6) is 0.990. The highest BCUT2D eigenvalue weighted by Gasteiger charge is 2.11. The molecule has 0 saturated carbocycles. The molecule has 1 atom stereocenters. The van der Waals surface area contributed by atoms with Gasteiger partial charge in [-0.15, -0.1) is 0 Å². The number of rotatable bonds is 6. The molecule has 1 aromatic rings. The van der Waals surface area contributed by atoms with Crippen LogP contribution in [0, 0.1) is 6.92 Å². The van der Waals surface area contributed by atoms with Crippen LogP contribution in [0.3, 0.4) is 0 Å². The van der Waals surface area contributed by atoms with E-state index >= 15 is 0 Å². The fourth-order valence-electron chi connectivity index (χ4n) is 1.76. The van der Waals surface area contributed by atoms with Gasteiger partial charge in [-0.1, -0.05) is 0 Å². The normalized spacial score (nSPS) is 13.4. The molecule has 0 aromatic carbocycles. The van der Waals surface area contributed by atoms with Crippen LogP contribution in [0.25, 0.3) is 0 Å². The molecule has 17 heavy (non-hydrogen) atoms. The summed E-state index contributed by atoms with van der Waals surface area (Å²) in [7, 11) is 4.21. The highest BCUT2D eigenvalue weighted by atomic mass is 15.2. The van der Waals surface area contributed by atoms with Crippen LogP contribution in [0.15, 0.2) is 6.20 Å². The molecule has 0 fully saturated rings. The van der Waals surface area contributed by atoms with Crippen molar-refractivity contribution in [2.75, 3.05) is 26.0 Å². The predicted molar refractivity (Wildman–Crippen MR) is 73.6 cm³/mol. The summed E-state index contributed by atoms with van der Waals surface area (Å²) in [6.07, 6.45) is 3.22. The minimum absolute atomic E-state index is 0.441. The van der Waals surface area contributed by atoms with Crippen molar-refractivity contribution in [2.45, 2.75) is 46.2 Å². The Balaban J connectivity index is 2.61. The van der Waals surface area contributed by atoms with Gasteiger partial charge in [0.2, 0.25) is 5.95 Å². The number of imidazole rings is 1. The topological polar surface area (TPSA) is 33.1 Å². The molecule has 0 amide bonds. The zero-order valence-corrected chi connectivity index (χ0v) is 12.0. The van der Waals surface area contributed by atoms with Crippen LogP contribution in [0.1, 0.15) is 38.9 Å². The summed E-state index contributed by atoms with van der Waals surface area (Å²) in [4.78, 5) is 6.74. The maximum absolute atomic E-state index is 4.54. The minimum atomic E-state index is 0.441. The molecule has 1 N–H and O–H groups in total. The number of hydrogen-bond donors (Lipinski definition) is 1. The van der Waals surface area contributed by atoms with Gasteiger partial charge in [0, 0.05) is 18.3 Å². The number of nitrogens with one attached hydrogen (secondary N) is 1. The van der Waals surface area contributed by atoms with Gasteiger partial charge in [-0.05, 0) is 54.8 Å². The van der Waals surface area contributed by atoms with Gasteiger partial charge in [-0.25, -0.2) is 4.98 Å². The lowest BCUT2D eigenvalue weighted by molar-refractivity contribution is 0.389. The summed E-state index contributed by atoms with van der Waals surface area (Å²) in [6, 6.07) is 0.886. The molecule has 0 bridgehead atoms. The number of hydrogen-bond acceptors (Lipinski definition) is 3. The first kappa shape index (κ1) is 14.0. The molecule has 0 aliphatic carbocycles. The molecule has 0 radical (unpaired) electrons. The van der Waals surface area contributed by atoms with Gasteiger partial charge in [-0.2, -0.15) is 0 Å². The van der Waals surface area contributed by atoms with Crippen LogP contribution in [0.4, 0.5) is 5.95 Å². The third kappa shape index (κ3) is 4.38. The van der Waals surface area contributed by atoms with E-state index in [1.54, 1.807) is 0 Å². The van der Waals surface area contributed by atoms with Gasteiger partial charge in [0.1, 0.15) is 0 Å². The molecular weight excluding hydrogens is 212 g/mol. The fourth-order valence-corrected chi connectivity index (χ4v) is 1.76. The number of aryl methyl sites for hydroxylation is 1. The Morgan fingerprint density at radius 1 is 1.35 bits per heavy atom. The zero-order chi connectivity index (χ0) is 13.0. The summed E-state index contributed by atoms with van der Waals surface area (Å²) in [5, 5.41) is 3.49. The van der Waals surface area contributed by atoms with Crippen LogP contribution in [-0.2, 0) is 0 Å². The van der Waals surface area contributed by atoms with Crippen molar-refractivity contribution in [3.63, 3.8) is 0 Å². The summed E-state index contributed by atoms with van der Waals surface area (Å²) >= 11 is 0. The molecule has 1 heterocycles. The van der Waals surface area contributed by atoms with E-state index in [2.05, 4.69) is 60.8 Å². The molecular formula is C13H26N4. The van der Waals surface area contributed by atoms with Gasteiger partial charge in [0.25, 0.3) is 0 Å². The molecule has 4 nitrogen and oxygen atoms in total. The smallest absolute Gasteiger partial charge is 0.203 e. The molecule has 1 rings (SSSR count). The Kier molecular flexibility index (Phi) is 5.00. The van der Waals surface area contributed by atoms with Crippen molar-refractivity contribution >= 4 is 5.95 Å². The number of nitrogens with zero attached hydrogens (tertiary/aromatic N) is 3. The maximum atomic E-state index is 4.54. The van der Waals surface area contributed by atoms with Crippen LogP contribution in [0.5, 0.6) is 0 Å². The van der Waals surface area contributed by atoms with E-state index in [4.69, 9.17) is 0 Å². The highest BCUT2D eigenvalue weighted by molar-refractivity contribution is 5.30. The van der Waals surface area contributed by atoms with Crippen molar-refractivity contribution in [3.8, 4) is 0 Å². The van der Waals surface area contributed by atoms with E-state index in [1.807, 2.05) is 6.92 Å². The molecule has 0 aliphatic rings. The average Bonchev–Trinajstić information content (AvgIpc) is 2.56. The molecule has 1 aromatic heterocycles. The Morgan fingerprint density at radius 2 is 2.00 bits per heavy atom. The van der Waals surface area contributed by atoms with Crippen molar-refractivity contribution in [1.29, 1.82) is 0 Å². The van der Waals surface area contributed by atoms with Crippen LogP contribution < -0.4 is 5.32 Å². The highest BCUT2D eigenvalue weighted by Crippen LogP contribution is 2.16. The first-order chi connectivity index (χ1) is 7.90. The second-order valence-corrected chi connectivity index (χ2v) is 5.34. The molecule has 0 saturated heterocycles. The largest absolute Gasteiger partial charge is 0.353 e. The van der Waals surface area contributed by atoms with E-state index in [9.17, 15) is 0 Å². The molecule has 4 heteroatoms. The fraction of sp³-hybridized carbons (Fsp3) is 0.769. The molecule has 1 unspecified atom stereocenters. The van der Waals surface area contributed by atoms with Gasteiger partial charge in [0.15, 0.2) is 0 Å². The third-order valence-corrected chi connectivity index (χ3v) is 2.79. The zero-order valence-electron chi connectivity index (χ0n) is 12.0. The Morgan fingerprint density at radius 3 is 2.53 bits per heavy atom. The lowest BCUT2D eigenvalue weighted by Gasteiger charge is -2.19. The predicted octanol–water partition coefficient (Wildman–Crippen LogP) is 2.52. The van der Waals surface area contributed by atoms with Gasteiger partial charge in [0.05, 0.1) is 5.69 Å². The van der Waals surface area contributed by atoms with Gasteiger partial charge < -0.3 is 14.8 Å². The van der Waals surface area contributed by atoms with E-state index < -0.39 is 0 Å². The van der Waals surface area contributed by atoms with E-state index in [1.165, 1.54) is 0 Å². The Labute approximate surface area is 105 Å². The Hall–Kier alpha value is -1.03. The average molecular weight is 238 g/mol. The standard InChI is InChI=1S/C13H26N4/c1-10(2)17-9-12(4)15-13(17)14-11(3)7-8-16(5)6/h9-11H,7-8H2,1-6H3,(H,14,15). The second-order valence-electron chi connectivity index (χ2n) is 5.34. The lowest BCUT2D eigenvalue weighted by Crippen LogP contribution is -2.24. The van der Waals surface area contributed by atoms with E-state index in [0.29, 0.717) is 12.1 Å². The van der Waals surface area contributed by atoms with Crippen LogP contribution in [0.2, 0.25) is 0 Å². The molecule has 98 valence electrons. The summed E-state index contributed by atoms with van der Waals surface area (Å²) in [5.41, 5.74) is 1.07. The first-order valence-corrected chi connectivity index (χ1v) is 6.37. The number of aromatic nitrogens is 2. The Bertz CT molecular complexity index is 341.